The van der Waals surface area contributed by atoms with Gasteiger partial charge in [0.1, 0.15) is 5.69 Å². The van der Waals surface area contributed by atoms with Gasteiger partial charge in [-0.15, -0.1) is 0 Å². The van der Waals surface area contributed by atoms with E-state index in [-0.39, 0.29) is 5.91 Å². The molecular formula is C20H33N5O. The molecule has 0 bridgehead atoms. The summed E-state index contributed by atoms with van der Waals surface area (Å²) >= 11 is 0. The van der Waals surface area contributed by atoms with Crippen molar-refractivity contribution in [3.63, 3.8) is 0 Å². The predicted octanol–water partition coefficient (Wildman–Crippen LogP) is 2.58. The van der Waals surface area contributed by atoms with E-state index in [1.807, 2.05) is 17.9 Å². The first-order chi connectivity index (χ1) is 12.5. The monoisotopic (exact) mass is 359 g/mol. The zero-order chi connectivity index (χ0) is 18.5. The number of rotatable bonds is 5. The number of nitrogens with zero attached hydrogens (tertiary/aromatic N) is 5. The van der Waals surface area contributed by atoms with Gasteiger partial charge in [-0.05, 0) is 78.1 Å². The number of piperidine rings is 2. The van der Waals surface area contributed by atoms with Crippen LogP contribution in [0.5, 0.6) is 0 Å². The van der Waals surface area contributed by atoms with Gasteiger partial charge in [0, 0.05) is 31.9 Å². The average Bonchev–Trinajstić information content (AvgIpc) is 2.66. The summed E-state index contributed by atoms with van der Waals surface area (Å²) in [6, 6.07) is 1.84. The third kappa shape index (κ3) is 4.93. The summed E-state index contributed by atoms with van der Waals surface area (Å²) in [7, 11) is 4.24. The van der Waals surface area contributed by atoms with Crippen molar-refractivity contribution in [2.45, 2.75) is 45.4 Å². The molecule has 0 aromatic carbocycles. The van der Waals surface area contributed by atoms with Crippen molar-refractivity contribution in [1.29, 1.82) is 0 Å². The first kappa shape index (κ1) is 19.1. The maximum atomic E-state index is 13.0. The van der Waals surface area contributed by atoms with Crippen molar-refractivity contribution in [2.24, 2.45) is 5.92 Å². The second-order valence-corrected chi connectivity index (χ2v) is 8.07. The molecule has 6 nitrogen and oxygen atoms in total. The van der Waals surface area contributed by atoms with Gasteiger partial charge < -0.3 is 14.7 Å². The van der Waals surface area contributed by atoms with Crippen LogP contribution in [0.2, 0.25) is 0 Å². The van der Waals surface area contributed by atoms with Crippen LogP contribution in [-0.4, -0.2) is 72.5 Å². The topological polar surface area (TPSA) is 52.6 Å². The molecule has 3 rings (SSSR count). The van der Waals surface area contributed by atoms with E-state index >= 15 is 0 Å². The molecule has 2 aliphatic rings. The number of aryl methyl sites for hydroxylation is 1. The highest BCUT2D eigenvalue weighted by atomic mass is 16.2. The van der Waals surface area contributed by atoms with Crippen LogP contribution in [0.25, 0.3) is 0 Å². The number of carbonyl (C=O) groups excluding carboxylic acids is 1. The standard InChI is InChI=1S/C20H33N5O/c1-16-15-18(22-20(21-16)25-10-5-4-6-11-25)19(26)24-13-8-17(9-14-24)7-12-23(2)3/h15,17H,4-14H2,1-3H3. The van der Waals surface area contributed by atoms with Crippen molar-refractivity contribution in [3.05, 3.63) is 17.5 Å². The van der Waals surface area contributed by atoms with Gasteiger partial charge in [-0.25, -0.2) is 9.97 Å². The smallest absolute Gasteiger partial charge is 0.272 e. The fraction of sp³-hybridized carbons (Fsp3) is 0.750. The van der Waals surface area contributed by atoms with Crippen molar-refractivity contribution in [3.8, 4) is 0 Å². The van der Waals surface area contributed by atoms with E-state index in [2.05, 4.69) is 33.9 Å². The molecule has 0 N–H and O–H groups in total. The molecule has 0 atom stereocenters. The molecule has 0 aliphatic carbocycles. The first-order valence-electron chi connectivity index (χ1n) is 10.1. The molecule has 0 spiro atoms. The second kappa shape index (κ2) is 8.80. The van der Waals surface area contributed by atoms with E-state index in [1.165, 1.54) is 25.7 Å². The lowest BCUT2D eigenvalue weighted by molar-refractivity contribution is 0.0677. The van der Waals surface area contributed by atoms with E-state index in [9.17, 15) is 4.79 Å². The van der Waals surface area contributed by atoms with Crippen LogP contribution in [0.3, 0.4) is 0 Å². The van der Waals surface area contributed by atoms with E-state index < -0.39 is 0 Å². The maximum Gasteiger partial charge on any atom is 0.272 e. The molecule has 0 unspecified atom stereocenters. The molecular weight excluding hydrogens is 326 g/mol. The molecule has 2 aliphatic heterocycles. The molecule has 1 aromatic heterocycles. The number of carbonyl (C=O) groups is 1. The lowest BCUT2D eigenvalue weighted by Crippen LogP contribution is -2.40. The zero-order valence-corrected chi connectivity index (χ0v) is 16.6. The van der Waals surface area contributed by atoms with Crippen LogP contribution in [0.4, 0.5) is 5.95 Å². The Hall–Kier alpha value is -1.69. The number of hydrogen-bond acceptors (Lipinski definition) is 5. The molecule has 2 saturated heterocycles. The van der Waals surface area contributed by atoms with Crippen LogP contribution in [0.1, 0.15) is 54.7 Å². The van der Waals surface area contributed by atoms with Crippen molar-refractivity contribution in [2.75, 3.05) is 51.7 Å². The summed E-state index contributed by atoms with van der Waals surface area (Å²) in [5.41, 5.74) is 1.44. The fourth-order valence-corrected chi connectivity index (χ4v) is 3.93. The van der Waals surface area contributed by atoms with Gasteiger partial charge in [0.15, 0.2) is 0 Å². The minimum absolute atomic E-state index is 0.0693. The van der Waals surface area contributed by atoms with Gasteiger partial charge in [0.2, 0.25) is 5.95 Å². The Labute approximate surface area is 157 Å². The Morgan fingerprint density at radius 1 is 1.12 bits per heavy atom. The lowest BCUT2D eigenvalue weighted by Gasteiger charge is -2.32. The maximum absolute atomic E-state index is 13.0. The predicted molar refractivity (Wildman–Crippen MR) is 105 cm³/mol. The Morgan fingerprint density at radius 3 is 2.46 bits per heavy atom. The van der Waals surface area contributed by atoms with E-state index in [0.29, 0.717) is 5.69 Å². The number of amides is 1. The molecule has 1 aromatic rings. The van der Waals surface area contributed by atoms with Gasteiger partial charge in [-0.1, -0.05) is 0 Å². The van der Waals surface area contributed by atoms with Crippen molar-refractivity contribution < 1.29 is 4.79 Å². The summed E-state index contributed by atoms with van der Waals surface area (Å²) < 4.78 is 0. The van der Waals surface area contributed by atoms with Crippen LogP contribution in [0.15, 0.2) is 6.07 Å². The van der Waals surface area contributed by atoms with Gasteiger partial charge in [0.25, 0.3) is 5.91 Å². The highest BCUT2D eigenvalue weighted by Crippen LogP contribution is 2.23. The van der Waals surface area contributed by atoms with Gasteiger partial charge in [-0.2, -0.15) is 0 Å². The second-order valence-electron chi connectivity index (χ2n) is 8.07. The van der Waals surface area contributed by atoms with Crippen molar-refractivity contribution >= 4 is 11.9 Å². The quantitative estimate of drug-likeness (QED) is 0.809. The lowest BCUT2D eigenvalue weighted by atomic mass is 9.93. The Balaban J connectivity index is 1.62. The van der Waals surface area contributed by atoms with Gasteiger partial charge >= 0.3 is 0 Å². The molecule has 6 heteroatoms. The molecule has 144 valence electrons. The zero-order valence-electron chi connectivity index (χ0n) is 16.6. The minimum atomic E-state index is 0.0693. The van der Waals surface area contributed by atoms with Crippen molar-refractivity contribution in [1.82, 2.24) is 19.8 Å². The molecule has 2 fully saturated rings. The molecule has 3 heterocycles. The Bertz CT molecular complexity index is 604. The molecule has 0 radical (unpaired) electrons. The van der Waals surface area contributed by atoms with Gasteiger partial charge in [-0.3, -0.25) is 4.79 Å². The van der Waals surface area contributed by atoms with Crippen LogP contribution < -0.4 is 4.90 Å². The molecule has 0 saturated carbocycles. The summed E-state index contributed by atoms with van der Waals surface area (Å²) in [5.74, 6) is 1.53. The van der Waals surface area contributed by atoms with E-state index in [0.717, 1.165) is 63.1 Å². The van der Waals surface area contributed by atoms with Gasteiger partial charge in [0.05, 0.1) is 0 Å². The Kier molecular flexibility index (Phi) is 6.46. The third-order valence-corrected chi connectivity index (χ3v) is 5.59. The third-order valence-electron chi connectivity index (χ3n) is 5.59. The summed E-state index contributed by atoms with van der Waals surface area (Å²) in [6.07, 6.45) is 7.06. The number of likely N-dealkylation sites (tertiary alicyclic amines) is 1. The highest BCUT2D eigenvalue weighted by Gasteiger charge is 2.25. The number of aromatic nitrogens is 2. The summed E-state index contributed by atoms with van der Waals surface area (Å²) in [5, 5.41) is 0. The Morgan fingerprint density at radius 2 is 1.81 bits per heavy atom. The average molecular weight is 360 g/mol. The SMILES string of the molecule is Cc1cc(C(=O)N2CCC(CCN(C)C)CC2)nc(N2CCCCC2)n1. The van der Waals surface area contributed by atoms with E-state index in [1.54, 1.807) is 0 Å². The van der Waals surface area contributed by atoms with Crippen LogP contribution in [-0.2, 0) is 0 Å². The largest absolute Gasteiger partial charge is 0.341 e. The number of anilines is 1. The number of hydrogen-bond donors (Lipinski definition) is 0. The first-order valence-corrected chi connectivity index (χ1v) is 10.1. The molecule has 26 heavy (non-hydrogen) atoms. The van der Waals surface area contributed by atoms with Crippen LogP contribution in [0, 0.1) is 12.8 Å². The fourth-order valence-electron chi connectivity index (χ4n) is 3.93. The summed E-state index contributed by atoms with van der Waals surface area (Å²) in [6.45, 7) is 6.77. The van der Waals surface area contributed by atoms with E-state index in [4.69, 9.17) is 0 Å². The normalized spacial score (nSPS) is 19.2. The minimum Gasteiger partial charge on any atom is -0.341 e. The molecule has 1 amide bonds. The highest BCUT2D eigenvalue weighted by molar-refractivity contribution is 5.92. The summed E-state index contributed by atoms with van der Waals surface area (Å²) in [4.78, 5) is 28.6. The van der Waals surface area contributed by atoms with Crippen LogP contribution >= 0.6 is 0 Å².